The number of methoxy groups -OCH3 is 1. The third-order valence-electron chi connectivity index (χ3n) is 4.50. The predicted octanol–water partition coefficient (Wildman–Crippen LogP) is 3.50. The summed E-state index contributed by atoms with van der Waals surface area (Å²) in [7, 11) is -0.279. The molecule has 0 radical (unpaired) electrons. The van der Waals surface area contributed by atoms with Gasteiger partial charge in [-0.3, -0.25) is 4.79 Å². The number of alkyl halides is 1. The summed E-state index contributed by atoms with van der Waals surface area (Å²) in [5, 5.41) is 0.110. The van der Waals surface area contributed by atoms with Crippen LogP contribution in [-0.4, -0.2) is 49.9 Å². The molecule has 0 N–H and O–H groups in total. The SMILES string of the molecule is CO[C@@H]1[C@H](I)[C@@H](OC(C)=O)O[C@H](C)[C@H]1O[Si](C)(C)C(C)(C)C. The molecule has 0 saturated carbocycles. The number of esters is 1. The quantitative estimate of drug-likeness (QED) is 0.288. The van der Waals surface area contributed by atoms with Gasteiger partial charge in [0.2, 0.25) is 6.29 Å². The van der Waals surface area contributed by atoms with Gasteiger partial charge in [0.25, 0.3) is 0 Å². The minimum absolute atomic E-state index is 0.110. The molecule has 1 fully saturated rings. The van der Waals surface area contributed by atoms with E-state index in [0.717, 1.165) is 0 Å². The highest BCUT2D eigenvalue weighted by Gasteiger charge is 2.49. The van der Waals surface area contributed by atoms with Crippen molar-refractivity contribution in [3.8, 4) is 0 Å². The van der Waals surface area contributed by atoms with Crippen molar-refractivity contribution >= 4 is 36.9 Å². The lowest BCUT2D eigenvalue weighted by Gasteiger charge is -2.47. The molecular weight excluding hydrogens is 415 g/mol. The molecule has 5 nitrogen and oxygen atoms in total. The van der Waals surface area contributed by atoms with Crippen molar-refractivity contribution in [3.05, 3.63) is 0 Å². The summed E-state index contributed by atoms with van der Waals surface area (Å²) in [5.41, 5.74) is 0. The van der Waals surface area contributed by atoms with Gasteiger partial charge in [0.1, 0.15) is 10.0 Å². The van der Waals surface area contributed by atoms with E-state index in [2.05, 4.69) is 56.5 Å². The number of carbonyl (C=O) groups is 1. The lowest BCUT2D eigenvalue weighted by atomic mass is 10.0. The summed E-state index contributed by atoms with van der Waals surface area (Å²) in [5.74, 6) is -0.350. The number of ether oxygens (including phenoxy) is 3. The van der Waals surface area contributed by atoms with Gasteiger partial charge >= 0.3 is 5.97 Å². The molecule has 0 aliphatic carbocycles. The summed E-state index contributed by atoms with van der Waals surface area (Å²) in [6, 6.07) is 0. The molecular formula is C15H29IO5Si. The lowest BCUT2D eigenvalue weighted by Crippen LogP contribution is -2.60. The normalized spacial score (nSPS) is 33.6. The van der Waals surface area contributed by atoms with Crippen molar-refractivity contribution in [1.82, 2.24) is 0 Å². The zero-order valence-corrected chi connectivity index (χ0v) is 18.0. The van der Waals surface area contributed by atoms with Crippen LogP contribution in [0.5, 0.6) is 0 Å². The molecule has 0 aromatic rings. The number of carbonyl (C=O) groups excluding carboxylic acids is 1. The van der Waals surface area contributed by atoms with E-state index in [0.29, 0.717) is 0 Å². The number of hydrogen-bond donors (Lipinski definition) is 0. The Kier molecular flexibility index (Phi) is 6.90. The second-order valence-electron chi connectivity index (χ2n) is 7.31. The number of rotatable bonds is 4. The van der Waals surface area contributed by atoms with Crippen LogP contribution in [0.3, 0.4) is 0 Å². The maximum absolute atomic E-state index is 11.2. The van der Waals surface area contributed by atoms with Crippen molar-refractivity contribution in [3.63, 3.8) is 0 Å². The van der Waals surface area contributed by atoms with Crippen LogP contribution in [0.1, 0.15) is 34.6 Å². The Balaban J connectivity index is 2.94. The third kappa shape index (κ3) is 4.65. The zero-order chi connectivity index (χ0) is 17.3. The van der Waals surface area contributed by atoms with E-state index < -0.39 is 14.6 Å². The van der Waals surface area contributed by atoms with Crippen molar-refractivity contribution < 1.29 is 23.4 Å². The molecule has 130 valence electrons. The van der Waals surface area contributed by atoms with Gasteiger partial charge < -0.3 is 18.6 Å². The predicted molar refractivity (Wildman–Crippen MR) is 96.8 cm³/mol. The van der Waals surface area contributed by atoms with Gasteiger partial charge in [-0.1, -0.05) is 43.4 Å². The first-order valence-electron chi connectivity index (χ1n) is 7.58. The molecule has 0 aromatic carbocycles. The molecule has 1 heterocycles. The highest BCUT2D eigenvalue weighted by atomic mass is 127. The Morgan fingerprint density at radius 3 is 2.18 bits per heavy atom. The summed E-state index contributed by atoms with van der Waals surface area (Å²) in [4.78, 5) is 11.2. The number of halogens is 1. The minimum Gasteiger partial charge on any atom is -0.435 e. The molecule has 0 spiro atoms. The maximum Gasteiger partial charge on any atom is 0.304 e. The Labute approximate surface area is 148 Å². The maximum atomic E-state index is 11.2. The fourth-order valence-electron chi connectivity index (χ4n) is 2.17. The highest BCUT2D eigenvalue weighted by molar-refractivity contribution is 14.1. The Morgan fingerprint density at radius 2 is 1.77 bits per heavy atom. The van der Waals surface area contributed by atoms with Crippen molar-refractivity contribution in [1.29, 1.82) is 0 Å². The number of hydrogen-bond acceptors (Lipinski definition) is 5. The van der Waals surface area contributed by atoms with Crippen molar-refractivity contribution in [2.24, 2.45) is 0 Å². The van der Waals surface area contributed by atoms with Gasteiger partial charge in [-0.2, -0.15) is 0 Å². The third-order valence-corrected chi connectivity index (χ3v) is 10.3. The molecule has 0 aromatic heterocycles. The summed E-state index contributed by atoms with van der Waals surface area (Å²) in [6.07, 6.45) is -1.14. The van der Waals surface area contributed by atoms with Gasteiger partial charge in [-0.05, 0) is 25.1 Å². The van der Waals surface area contributed by atoms with Crippen LogP contribution in [0.15, 0.2) is 0 Å². The summed E-state index contributed by atoms with van der Waals surface area (Å²) in [6.45, 7) is 14.4. The zero-order valence-electron chi connectivity index (χ0n) is 14.8. The Hall–Kier alpha value is 0.297. The largest absolute Gasteiger partial charge is 0.435 e. The minimum atomic E-state index is -1.95. The average molecular weight is 444 g/mol. The second-order valence-corrected chi connectivity index (χ2v) is 13.5. The van der Waals surface area contributed by atoms with Gasteiger partial charge in [-0.15, -0.1) is 0 Å². The fraction of sp³-hybridized carbons (Fsp3) is 0.933. The molecule has 0 unspecified atom stereocenters. The molecule has 0 bridgehead atoms. The molecule has 5 atom stereocenters. The first-order chi connectivity index (χ1) is 9.90. The fourth-order valence-corrected chi connectivity index (χ4v) is 4.55. The first kappa shape index (κ1) is 20.3. The van der Waals surface area contributed by atoms with Gasteiger partial charge in [0.15, 0.2) is 8.32 Å². The van der Waals surface area contributed by atoms with Crippen LogP contribution in [-0.2, 0) is 23.4 Å². The smallest absolute Gasteiger partial charge is 0.304 e. The van der Waals surface area contributed by atoms with Crippen LogP contribution >= 0.6 is 22.6 Å². The molecule has 1 rings (SSSR count). The molecule has 1 aliphatic heterocycles. The van der Waals surface area contributed by atoms with Crippen LogP contribution in [0.2, 0.25) is 18.1 Å². The molecule has 1 aliphatic rings. The molecule has 22 heavy (non-hydrogen) atoms. The highest BCUT2D eigenvalue weighted by Crippen LogP contribution is 2.40. The van der Waals surface area contributed by atoms with Gasteiger partial charge in [-0.25, -0.2) is 0 Å². The van der Waals surface area contributed by atoms with E-state index in [1.165, 1.54) is 6.92 Å². The van der Waals surface area contributed by atoms with Crippen LogP contribution < -0.4 is 0 Å². The monoisotopic (exact) mass is 444 g/mol. The standard InChI is InChI=1S/C15H29IO5Si/c1-9-12(21-22(7,8)15(3,4)5)13(18-6)11(16)14(19-9)20-10(2)17/h9,11-14H,1-8H3/t9-,11+,12-,13-,14-/m1/s1. The van der Waals surface area contributed by atoms with Gasteiger partial charge in [0, 0.05) is 14.0 Å². The van der Waals surface area contributed by atoms with Crippen LogP contribution in [0.25, 0.3) is 0 Å². The van der Waals surface area contributed by atoms with E-state index in [1.807, 2.05) is 6.92 Å². The average Bonchev–Trinajstić information content (AvgIpc) is 2.33. The Morgan fingerprint density at radius 1 is 1.23 bits per heavy atom. The Bertz CT molecular complexity index is 396. The lowest BCUT2D eigenvalue weighted by molar-refractivity contribution is -0.234. The van der Waals surface area contributed by atoms with E-state index in [1.54, 1.807) is 7.11 Å². The topological polar surface area (TPSA) is 54.0 Å². The second kappa shape index (κ2) is 7.46. The molecule has 1 saturated heterocycles. The van der Waals surface area contributed by atoms with Crippen molar-refractivity contribution in [2.75, 3.05) is 7.11 Å². The van der Waals surface area contributed by atoms with E-state index >= 15 is 0 Å². The summed E-state index contributed by atoms with van der Waals surface area (Å²) < 4.78 is 23.2. The summed E-state index contributed by atoms with van der Waals surface area (Å²) >= 11 is 2.22. The van der Waals surface area contributed by atoms with Crippen LogP contribution in [0, 0.1) is 0 Å². The van der Waals surface area contributed by atoms with Crippen molar-refractivity contribution in [2.45, 2.75) is 81.3 Å². The first-order valence-corrected chi connectivity index (χ1v) is 11.7. The van der Waals surface area contributed by atoms with Gasteiger partial charge in [0.05, 0.1) is 12.2 Å². The van der Waals surface area contributed by atoms with Crippen LogP contribution in [0.4, 0.5) is 0 Å². The van der Waals surface area contributed by atoms with E-state index in [9.17, 15) is 4.79 Å². The molecule has 0 amide bonds. The van der Waals surface area contributed by atoms with E-state index in [-0.39, 0.29) is 33.2 Å². The molecule has 7 heteroatoms. The van der Waals surface area contributed by atoms with E-state index in [4.69, 9.17) is 18.6 Å².